The summed E-state index contributed by atoms with van der Waals surface area (Å²) >= 11 is 10.9. The van der Waals surface area contributed by atoms with E-state index in [1.165, 1.54) is 4.90 Å². The minimum atomic E-state index is -0.261. The van der Waals surface area contributed by atoms with Crippen LogP contribution in [-0.4, -0.2) is 36.7 Å². The van der Waals surface area contributed by atoms with Crippen molar-refractivity contribution in [3.05, 3.63) is 30.3 Å². The molecule has 0 saturated heterocycles. The quantitative estimate of drug-likeness (QED) is 0.809. The van der Waals surface area contributed by atoms with Crippen LogP contribution in [0.1, 0.15) is 0 Å². The Kier molecular flexibility index (Phi) is 6.54. The average Bonchev–Trinajstić information content (AvgIpc) is 2.43. The van der Waals surface area contributed by atoms with Gasteiger partial charge in [-0.15, -0.1) is 23.2 Å². The number of para-hydroxylation sites is 1. The molecule has 1 aromatic rings. The van der Waals surface area contributed by atoms with Crippen LogP contribution in [-0.2, 0) is 9.59 Å². The van der Waals surface area contributed by atoms with Gasteiger partial charge in [0.2, 0.25) is 11.8 Å². The predicted molar refractivity (Wildman–Crippen MR) is 73.2 cm³/mol. The Labute approximate surface area is 116 Å². The van der Waals surface area contributed by atoms with Gasteiger partial charge in [0.1, 0.15) is 11.8 Å². The largest absolute Gasteiger partial charge is 0.353 e. The van der Waals surface area contributed by atoms with E-state index < -0.39 is 0 Å². The normalized spacial score (nSPS) is 9.89. The summed E-state index contributed by atoms with van der Waals surface area (Å²) in [5, 5.41) is 2.60. The number of nitrogens with zero attached hydrogens (tertiary/aromatic N) is 1. The Morgan fingerprint density at radius 1 is 1.11 bits per heavy atom. The lowest BCUT2D eigenvalue weighted by Crippen LogP contribution is -2.39. The maximum atomic E-state index is 11.7. The van der Waals surface area contributed by atoms with Gasteiger partial charge in [-0.3, -0.25) is 9.59 Å². The van der Waals surface area contributed by atoms with E-state index >= 15 is 0 Å². The van der Waals surface area contributed by atoms with Crippen LogP contribution < -0.4 is 10.2 Å². The highest BCUT2D eigenvalue weighted by Crippen LogP contribution is 2.13. The van der Waals surface area contributed by atoms with Gasteiger partial charge in [-0.25, -0.2) is 0 Å². The fourth-order valence-corrected chi connectivity index (χ4v) is 1.67. The third-order valence-electron chi connectivity index (χ3n) is 2.26. The highest BCUT2D eigenvalue weighted by Gasteiger charge is 2.14. The van der Waals surface area contributed by atoms with Gasteiger partial charge in [-0.2, -0.15) is 0 Å². The van der Waals surface area contributed by atoms with Crippen molar-refractivity contribution >= 4 is 40.7 Å². The van der Waals surface area contributed by atoms with Crippen LogP contribution in [0.15, 0.2) is 30.3 Å². The van der Waals surface area contributed by atoms with Crippen molar-refractivity contribution in [2.24, 2.45) is 0 Å². The third kappa shape index (κ3) is 4.55. The number of benzene rings is 1. The van der Waals surface area contributed by atoms with Crippen molar-refractivity contribution in [3.8, 4) is 0 Å². The summed E-state index contributed by atoms with van der Waals surface area (Å²) in [5.41, 5.74) is 0.753. The number of hydrogen-bond donors (Lipinski definition) is 1. The van der Waals surface area contributed by atoms with Crippen molar-refractivity contribution in [1.29, 1.82) is 0 Å². The molecule has 18 heavy (non-hydrogen) atoms. The number of halogens is 2. The smallest absolute Gasteiger partial charge is 0.241 e. The highest BCUT2D eigenvalue weighted by atomic mass is 35.5. The minimum absolute atomic E-state index is 0.0885. The summed E-state index contributed by atoms with van der Waals surface area (Å²) < 4.78 is 0. The molecule has 0 spiro atoms. The number of hydrogen-bond acceptors (Lipinski definition) is 2. The summed E-state index contributed by atoms with van der Waals surface area (Å²) in [6, 6.07) is 9.16. The Hall–Kier alpha value is -1.26. The molecule has 0 aliphatic heterocycles. The topological polar surface area (TPSA) is 49.4 Å². The summed E-state index contributed by atoms with van der Waals surface area (Å²) in [5.74, 6) is -0.654. The Balaban J connectivity index is 2.63. The fraction of sp³-hybridized carbons (Fsp3) is 0.333. The maximum Gasteiger partial charge on any atom is 0.241 e. The van der Waals surface area contributed by atoms with Crippen molar-refractivity contribution in [3.63, 3.8) is 0 Å². The van der Waals surface area contributed by atoms with E-state index in [4.69, 9.17) is 23.2 Å². The molecule has 0 bridgehead atoms. The number of carbonyl (C=O) groups is 2. The molecule has 98 valence electrons. The lowest BCUT2D eigenvalue weighted by molar-refractivity contribution is -0.119. The first kappa shape index (κ1) is 14.8. The van der Waals surface area contributed by atoms with Crippen molar-refractivity contribution in [1.82, 2.24) is 5.32 Å². The van der Waals surface area contributed by atoms with Crippen LogP contribution in [0.25, 0.3) is 0 Å². The van der Waals surface area contributed by atoms with Crippen molar-refractivity contribution < 1.29 is 9.59 Å². The standard InChI is InChI=1S/C12H14Cl2N2O2/c13-8-11(17)15-6-7-16(12(18)9-14)10-4-2-1-3-5-10/h1-5H,6-9H2,(H,15,17). The first-order valence-corrected chi connectivity index (χ1v) is 6.50. The molecule has 2 amide bonds. The van der Waals surface area contributed by atoms with E-state index in [1.54, 1.807) is 0 Å². The first-order chi connectivity index (χ1) is 8.69. The zero-order chi connectivity index (χ0) is 13.4. The summed E-state index contributed by atoms with van der Waals surface area (Å²) in [7, 11) is 0. The molecule has 4 nitrogen and oxygen atoms in total. The molecule has 0 fully saturated rings. The Morgan fingerprint density at radius 3 is 2.33 bits per heavy atom. The second-order valence-electron chi connectivity index (χ2n) is 3.50. The molecular formula is C12H14Cl2N2O2. The van der Waals surface area contributed by atoms with Crippen LogP contribution in [0.4, 0.5) is 5.69 Å². The van der Waals surface area contributed by atoms with E-state index in [2.05, 4.69) is 5.32 Å². The van der Waals surface area contributed by atoms with Gasteiger partial charge in [-0.1, -0.05) is 18.2 Å². The Morgan fingerprint density at radius 2 is 1.78 bits per heavy atom. The lowest BCUT2D eigenvalue weighted by Gasteiger charge is -2.22. The van der Waals surface area contributed by atoms with E-state index in [0.29, 0.717) is 13.1 Å². The molecule has 0 aliphatic carbocycles. The summed E-state index contributed by atoms with van der Waals surface area (Å²) in [6.07, 6.45) is 0. The number of alkyl halides is 2. The third-order valence-corrected chi connectivity index (χ3v) is 2.73. The number of amides is 2. The second-order valence-corrected chi connectivity index (χ2v) is 4.03. The minimum Gasteiger partial charge on any atom is -0.353 e. The molecule has 0 heterocycles. The summed E-state index contributed by atoms with van der Waals surface area (Å²) in [6.45, 7) is 0.696. The number of anilines is 1. The zero-order valence-electron chi connectivity index (χ0n) is 9.73. The molecule has 1 aromatic carbocycles. The second kappa shape index (κ2) is 7.95. The van der Waals surface area contributed by atoms with Crippen LogP contribution in [0, 0.1) is 0 Å². The molecule has 1 rings (SSSR count). The maximum absolute atomic E-state index is 11.7. The Bertz CT molecular complexity index is 398. The van der Waals surface area contributed by atoms with Gasteiger partial charge < -0.3 is 10.2 Å². The van der Waals surface area contributed by atoms with Crippen LogP contribution in [0.2, 0.25) is 0 Å². The van der Waals surface area contributed by atoms with E-state index in [-0.39, 0.29) is 23.6 Å². The lowest BCUT2D eigenvalue weighted by atomic mass is 10.3. The van der Waals surface area contributed by atoms with Crippen LogP contribution in [0.3, 0.4) is 0 Å². The van der Waals surface area contributed by atoms with Crippen molar-refractivity contribution in [2.75, 3.05) is 29.7 Å². The van der Waals surface area contributed by atoms with E-state index in [9.17, 15) is 9.59 Å². The highest BCUT2D eigenvalue weighted by molar-refractivity contribution is 6.29. The van der Waals surface area contributed by atoms with Crippen molar-refractivity contribution in [2.45, 2.75) is 0 Å². The fourth-order valence-electron chi connectivity index (χ4n) is 1.43. The first-order valence-electron chi connectivity index (χ1n) is 5.43. The van der Waals surface area contributed by atoms with E-state index in [1.807, 2.05) is 30.3 Å². The molecule has 0 aliphatic rings. The monoisotopic (exact) mass is 288 g/mol. The van der Waals surface area contributed by atoms with Crippen LogP contribution in [0.5, 0.6) is 0 Å². The van der Waals surface area contributed by atoms with Gasteiger partial charge in [0, 0.05) is 18.8 Å². The molecule has 6 heteroatoms. The molecular weight excluding hydrogens is 275 g/mol. The van der Waals surface area contributed by atoms with Gasteiger partial charge in [0.05, 0.1) is 0 Å². The van der Waals surface area contributed by atoms with Gasteiger partial charge in [0.25, 0.3) is 0 Å². The molecule has 1 N–H and O–H groups in total. The van der Waals surface area contributed by atoms with Gasteiger partial charge in [0.15, 0.2) is 0 Å². The number of carbonyl (C=O) groups excluding carboxylic acids is 2. The molecule has 0 atom stereocenters. The van der Waals surface area contributed by atoms with Gasteiger partial charge >= 0.3 is 0 Å². The van der Waals surface area contributed by atoms with Gasteiger partial charge in [-0.05, 0) is 12.1 Å². The SMILES string of the molecule is O=C(CCl)NCCN(C(=O)CCl)c1ccccc1. The molecule has 0 unspecified atom stereocenters. The number of nitrogens with one attached hydrogen (secondary N) is 1. The molecule has 0 saturated carbocycles. The molecule has 0 radical (unpaired) electrons. The number of rotatable bonds is 6. The van der Waals surface area contributed by atoms with E-state index in [0.717, 1.165) is 5.69 Å². The average molecular weight is 289 g/mol. The molecule has 0 aromatic heterocycles. The zero-order valence-corrected chi connectivity index (χ0v) is 11.2. The summed E-state index contributed by atoms with van der Waals surface area (Å²) in [4.78, 5) is 24.2. The van der Waals surface area contributed by atoms with Crippen LogP contribution >= 0.6 is 23.2 Å². The predicted octanol–water partition coefficient (Wildman–Crippen LogP) is 1.61.